The van der Waals surface area contributed by atoms with Crippen LogP contribution in [0.1, 0.15) is 31.0 Å². The van der Waals surface area contributed by atoms with Crippen molar-refractivity contribution < 1.29 is 0 Å². The zero-order valence-electron chi connectivity index (χ0n) is 13.5. The SMILES string of the molecule is C=C/C=C(/C)Nc1cc(CCCCc2ccccc2)n(C)n1. The van der Waals surface area contributed by atoms with E-state index in [9.17, 15) is 0 Å². The third-order valence-corrected chi connectivity index (χ3v) is 3.66. The fourth-order valence-corrected chi connectivity index (χ4v) is 2.50. The van der Waals surface area contributed by atoms with Gasteiger partial charge in [0, 0.05) is 24.5 Å². The number of nitrogens with one attached hydrogen (secondary N) is 1. The summed E-state index contributed by atoms with van der Waals surface area (Å²) in [6.45, 7) is 5.71. The molecule has 0 spiro atoms. The predicted molar refractivity (Wildman–Crippen MR) is 93.9 cm³/mol. The Hall–Kier alpha value is -2.29. The van der Waals surface area contributed by atoms with E-state index in [0.29, 0.717) is 0 Å². The van der Waals surface area contributed by atoms with Crippen molar-refractivity contribution in [3.63, 3.8) is 0 Å². The van der Waals surface area contributed by atoms with Gasteiger partial charge in [0.25, 0.3) is 0 Å². The highest BCUT2D eigenvalue weighted by Gasteiger charge is 2.05. The molecule has 1 aromatic carbocycles. The standard InChI is InChI=1S/C19H25N3/c1-4-10-16(2)20-19-15-18(22(3)21-19)14-9-8-13-17-11-6-5-7-12-17/h4-7,10-12,15H,1,8-9,13-14H2,2-3H3,(H,20,21)/b16-10-. The van der Waals surface area contributed by atoms with E-state index in [4.69, 9.17) is 0 Å². The second-order valence-corrected chi connectivity index (χ2v) is 5.55. The van der Waals surface area contributed by atoms with Crippen LogP contribution >= 0.6 is 0 Å². The number of anilines is 1. The first-order chi connectivity index (χ1) is 10.7. The van der Waals surface area contributed by atoms with Crippen LogP contribution in [0.4, 0.5) is 5.82 Å². The summed E-state index contributed by atoms with van der Waals surface area (Å²) in [5.74, 6) is 0.899. The van der Waals surface area contributed by atoms with Gasteiger partial charge in [-0.3, -0.25) is 4.68 Å². The van der Waals surface area contributed by atoms with Gasteiger partial charge in [-0.15, -0.1) is 0 Å². The van der Waals surface area contributed by atoms with E-state index in [-0.39, 0.29) is 0 Å². The zero-order chi connectivity index (χ0) is 15.8. The van der Waals surface area contributed by atoms with Crippen LogP contribution < -0.4 is 5.32 Å². The quantitative estimate of drug-likeness (QED) is 0.574. The molecule has 3 nitrogen and oxygen atoms in total. The van der Waals surface area contributed by atoms with Crippen LogP contribution in [0.3, 0.4) is 0 Å². The Kier molecular flexibility index (Phi) is 6.01. The van der Waals surface area contributed by atoms with Crippen LogP contribution in [0.15, 0.2) is 60.8 Å². The molecule has 0 radical (unpaired) electrons. The van der Waals surface area contributed by atoms with Gasteiger partial charge in [-0.25, -0.2) is 0 Å². The van der Waals surface area contributed by atoms with Crippen molar-refractivity contribution in [3.8, 4) is 0 Å². The summed E-state index contributed by atoms with van der Waals surface area (Å²) in [5.41, 5.74) is 3.73. The largest absolute Gasteiger partial charge is 0.343 e. The highest BCUT2D eigenvalue weighted by molar-refractivity contribution is 5.42. The number of hydrogen-bond donors (Lipinski definition) is 1. The van der Waals surface area contributed by atoms with Crippen LogP contribution in [-0.2, 0) is 19.9 Å². The lowest BCUT2D eigenvalue weighted by Crippen LogP contribution is -1.99. The summed E-state index contributed by atoms with van der Waals surface area (Å²) < 4.78 is 1.96. The molecule has 1 N–H and O–H groups in total. The number of rotatable bonds is 8. The Labute approximate surface area is 133 Å². The van der Waals surface area contributed by atoms with E-state index in [0.717, 1.165) is 24.4 Å². The lowest BCUT2D eigenvalue weighted by atomic mass is 10.1. The second kappa shape index (κ2) is 8.23. The van der Waals surface area contributed by atoms with E-state index in [1.54, 1.807) is 6.08 Å². The molecule has 0 bridgehead atoms. The highest BCUT2D eigenvalue weighted by atomic mass is 15.3. The Bertz CT molecular complexity index is 623. The monoisotopic (exact) mass is 295 g/mol. The Morgan fingerprint density at radius 3 is 2.68 bits per heavy atom. The van der Waals surface area contributed by atoms with Crippen molar-refractivity contribution in [2.45, 2.75) is 32.6 Å². The minimum atomic E-state index is 0.899. The molecule has 0 unspecified atom stereocenters. The van der Waals surface area contributed by atoms with Crippen LogP contribution in [0.2, 0.25) is 0 Å². The lowest BCUT2D eigenvalue weighted by Gasteiger charge is -2.02. The average Bonchev–Trinajstić information content (AvgIpc) is 2.84. The summed E-state index contributed by atoms with van der Waals surface area (Å²) >= 11 is 0. The molecule has 2 aromatic rings. The molecular formula is C19H25N3. The van der Waals surface area contributed by atoms with Crippen molar-refractivity contribution in [2.75, 3.05) is 5.32 Å². The normalized spacial score (nSPS) is 11.5. The van der Waals surface area contributed by atoms with Crippen molar-refractivity contribution in [1.82, 2.24) is 9.78 Å². The van der Waals surface area contributed by atoms with Gasteiger partial charge in [0.1, 0.15) is 0 Å². The molecule has 0 aliphatic heterocycles. The van der Waals surface area contributed by atoms with Gasteiger partial charge < -0.3 is 5.32 Å². The predicted octanol–water partition coefficient (Wildman–Crippen LogP) is 4.49. The van der Waals surface area contributed by atoms with Gasteiger partial charge in [0.05, 0.1) is 0 Å². The molecule has 1 heterocycles. The summed E-state index contributed by atoms with van der Waals surface area (Å²) in [7, 11) is 2.00. The van der Waals surface area contributed by atoms with Gasteiger partial charge in [-0.2, -0.15) is 5.10 Å². The molecule has 0 amide bonds. The van der Waals surface area contributed by atoms with Crippen molar-refractivity contribution in [3.05, 3.63) is 72.1 Å². The maximum Gasteiger partial charge on any atom is 0.152 e. The van der Waals surface area contributed by atoms with Gasteiger partial charge in [-0.1, -0.05) is 43.0 Å². The third kappa shape index (κ3) is 4.92. The molecule has 3 heteroatoms. The van der Waals surface area contributed by atoms with E-state index in [1.807, 2.05) is 24.7 Å². The van der Waals surface area contributed by atoms with Gasteiger partial charge in [0.15, 0.2) is 5.82 Å². The molecule has 0 atom stereocenters. The van der Waals surface area contributed by atoms with Crippen LogP contribution in [0, 0.1) is 0 Å². The maximum absolute atomic E-state index is 4.50. The fourth-order valence-electron chi connectivity index (χ4n) is 2.50. The molecule has 0 aliphatic rings. The Morgan fingerprint density at radius 2 is 1.95 bits per heavy atom. The lowest BCUT2D eigenvalue weighted by molar-refractivity contribution is 0.660. The first kappa shape index (κ1) is 16.1. The number of aromatic nitrogens is 2. The number of nitrogens with zero attached hydrogens (tertiary/aromatic N) is 2. The number of allylic oxidation sites excluding steroid dienone is 3. The average molecular weight is 295 g/mol. The molecule has 1 aromatic heterocycles. The maximum atomic E-state index is 4.50. The van der Waals surface area contributed by atoms with E-state index in [2.05, 4.69) is 53.4 Å². The summed E-state index contributed by atoms with van der Waals surface area (Å²) in [4.78, 5) is 0. The molecule has 2 rings (SSSR count). The minimum absolute atomic E-state index is 0.899. The van der Waals surface area contributed by atoms with Crippen LogP contribution in [0.5, 0.6) is 0 Å². The minimum Gasteiger partial charge on any atom is -0.343 e. The van der Waals surface area contributed by atoms with Crippen LogP contribution in [0.25, 0.3) is 0 Å². The second-order valence-electron chi connectivity index (χ2n) is 5.55. The third-order valence-electron chi connectivity index (χ3n) is 3.66. The molecule has 116 valence electrons. The molecule has 0 saturated carbocycles. The van der Waals surface area contributed by atoms with E-state index < -0.39 is 0 Å². The summed E-state index contributed by atoms with van der Waals surface area (Å²) in [5, 5.41) is 7.78. The molecule has 0 saturated heterocycles. The number of unbranched alkanes of at least 4 members (excludes halogenated alkanes) is 1. The van der Waals surface area contributed by atoms with Crippen molar-refractivity contribution in [1.29, 1.82) is 0 Å². The molecular weight excluding hydrogens is 270 g/mol. The Morgan fingerprint density at radius 1 is 1.23 bits per heavy atom. The first-order valence-corrected chi connectivity index (χ1v) is 7.82. The van der Waals surface area contributed by atoms with Gasteiger partial charge >= 0.3 is 0 Å². The number of aryl methyl sites for hydroxylation is 3. The summed E-state index contributed by atoms with van der Waals surface area (Å²) in [6.07, 6.45) is 8.29. The smallest absolute Gasteiger partial charge is 0.152 e. The van der Waals surface area contributed by atoms with Crippen molar-refractivity contribution >= 4 is 5.82 Å². The fraction of sp³-hybridized carbons (Fsp3) is 0.316. The van der Waals surface area contributed by atoms with E-state index in [1.165, 1.54) is 24.1 Å². The topological polar surface area (TPSA) is 29.9 Å². The molecule has 0 aliphatic carbocycles. The zero-order valence-corrected chi connectivity index (χ0v) is 13.5. The molecule has 0 fully saturated rings. The first-order valence-electron chi connectivity index (χ1n) is 7.82. The summed E-state index contributed by atoms with van der Waals surface area (Å²) in [6, 6.07) is 12.8. The van der Waals surface area contributed by atoms with Gasteiger partial charge in [0.2, 0.25) is 0 Å². The Balaban J connectivity index is 1.81. The number of benzene rings is 1. The van der Waals surface area contributed by atoms with Gasteiger partial charge in [-0.05, 0) is 44.2 Å². The van der Waals surface area contributed by atoms with Crippen LogP contribution in [-0.4, -0.2) is 9.78 Å². The highest BCUT2D eigenvalue weighted by Crippen LogP contribution is 2.14. The van der Waals surface area contributed by atoms with E-state index >= 15 is 0 Å². The van der Waals surface area contributed by atoms with Crippen molar-refractivity contribution in [2.24, 2.45) is 7.05 Å². The number of hydrogen-bond acceptors (Lipinski definition) is 2. The molecule has 22 heavy (non-hydrogen) atoms.